The highest BCUT2D eigenvalue weighted by atomic mass is 15.5. The van der Waals surface area contributed by atoms with Crippen LogP contribution >= 0.6 is 0 Å². The predicted octanol–water partition coefficient (Wildman–Crippen LogP) is 12.2. The van der Waals surface area contributed by atoms with Crippen LogP contribution in [-0.4, -0.2) is 0 Å². The Labute approximate surface area is 269 Å². The summed E-state index contributed by atoms with van der Waals surface area (Å²) in [6.45, 7) is 0. The van der Waals surface area contributed by atoms with Crippen molar-refractivity contribution in [2.75, 3.05) is 10.4 Å². The molecule has 0 saturated carbocycles. The van der Waals surface area contributed by atoms with E-state index in [9.17, 15) is 0 Å². The standard InChI is InChI=1S/C44H32N2/c1-4-16-34(17-5-1)39-30-31-42(46(36-24-8-3-9-25-36)45-35-22-6-2-7-23-35)44(41-29-15-21-33-19-11-13-27-38(33)41)43(39)40-28-14-20-32-18-10-12-26-37(32)40/h1-31,45H. The Morgan fingerprint density at radius 3 is 1.48 bits per heavy atom. The van der Waals surface area contributed by atoms with E-state index in [0.29, 0.717) is 0 Å². The van der Waals surface area contributed by atoms with Crippen LogP contribution in [0.3, 0.4) is 0 Å². The number of hydrogen-bond donors (Lipinski definition) is 1. The van der Waals surface area contributed by atoms with Gasteiger partial charge in [-0.05, 0) is 74.1 Å². The molecule has 8 aromatic carbocycles. The molecule has 218 valence electrons. The van der Waals surface area contributed by atoms with E-state index in [1.54, 1.807) is 0 Å². The monoisotopic (exact) mass is 588 g/mol. The van der Waals surface area contributed by atoms with Crippen LogP contribution in [0.2, 0.25) is 0 Å². The van der Waals surface area contributed by atoms with Crippen molar-refractivity contribution in [3.63, 3.8) is 0 Å². The van der Waals surface area contributed by atoms with Gasteiger partial charge in [-0.15, -0.1) is 0 Å². The summed E-state index contributed by atoms with van der Waals surface area (Å²) in [5, 5.41) is 7.10. The second-order valence-electron chi connectivity index (χ2n) is 11.5. The first-order valence-electron chi connectivity index (χ1n) is 15.7. The van der Waals surface area contributed by atoms with Gasteiger partial charge >= 0.3 is 0 Å². The smallest absolute Gasteiger partial charge is 0.0715 e. The van der Waals surface area contributed by atoms with Crippen LogP contribution in [0.25, 0.3) is 54.9 Å². The summed E-state index contributed by atoms with van der Waals surface area (Å²) in [6.07, 6.45) is 0. The highest BCUT2D eigenvalue weighted by molar-refractivity contribution is 6.12. The van der Waals surface area contributed by atoms with Crippen LogP contribution in [0.4, 0.5) is 17.1 Å². The van der Waals surface area contributed by atoms with E-state index in [1.807, 2.05) is 6.07 Å². The van der Waals surface area contributed by atoms with Gasteiger partial charge in [-0.1, -0.05) is 158 Å². The zero-order valence-corrected chi connectivity index (χ0v) is 25.3. The Bertz CT molecular complexity index is 2270. The fourth-order valence-electron chi connectivity index (χ4n) is 6.56. The summed E-state index contributed by atoms with van der Waals surface area (Å²) >= 11 is 0. The zero-order valence-electron chi connectivity index (χ0n) is 25.3. The molecule has 8 rings (SSSR count). The Hall–Kier alpha value is -6.12. The predicted molar refractivity (Wildman–Crippen MR) is 196 cm³/mol. The zero-order chi connectivity index (χ0) is 30.7. The number of hydrazine groups is 1. The first-order chi connectivity index (χ1) is 22.8. The maximum Gasteiger partial charge on any atom is 0.0715 e. The molecule has 0 heterocycles. The van der Waals surface area contributed by atoms with Crippen molar-refractivity contribution in [1.29, 1.82) is 0 Å². The SMILES string of the molecule is c1ccc(NN(c2ccccc2)c2ccc(-c3ccccc3)c(-c3cccc4ccccc34)c2-c2cccc3ccccc23)cc1. The molecule has 0 aliphatic rings. The Morgan fingerprint density at radius 1 is 0.348 bits per heavy atom. The Balaban J connectivity index is 1.54. The van der Waals surface area contributed by atoms with E-state index in [1.165, 1.54) is 54.9 Å². The quantitative estimate of drug-likeness (QED) is 0.186. The molecule has 0 aromatic heterocycles. The van der Waals surface area contributed by atoms with Gasteiger partial charge in [0.1, 0.15) is 0 Å². The van der Waals surface area contributed by atoms with Gasteiger partial charge < -0.3 is 0 Å². The third kappa shape index (κ3) is 5.06. The molecular weight excluding hydrogens is 556 g/mol. The van der Waals surface area contributed by atoms with Crippen molar-refractivity contribution in [3.05, 3.63) is 188 Å². The minimum absolute atomic E-state index is 1.01. The molecule has 0 atom stereocenters. The molecule has 1 N–H and O–H groups in total. The molecule has 0 amide bonds. The topological polar surface area (TPSA) is 15.3 Å². The van der Waals surface area contributed by atoms with Crippen molar-refractivity contribution in [2.45, 2.75) is 0 Å². The molecule has 0 spiro atoms. The van der Waals surface area contributed by atoms with E-state index in [-0.39, 0.29) is 0 Å². The summed E-state index contributed by atoms with van der Waals surface area (Å²) in [5.74, 6) is 0. The lowest BCUT2D eigenvalue weighted by molar-refractivity contribution is 1.16. The van der Waals surface area contributed by atoms with Gasteiger partial charge in [0.25, 0.3) is 0 Å². The lowest BCUT2D eigenvalue weighted by Gasteiger charge is -2.31. The summed E-state index contributed by atoms with van der Waals surface area (Å²) in [4.78, 5) is 0. The van der Waals surface area contributed by atoms with Crippen LogP contribution in [-0.2, 0) is 0 Å². The van der Waals surface area contributed by atoms with E-state index in [4.69, 9.17) is 0 Å². The Morgan fingerprint density at radius 2 is 0.848 bits per heavy atom. The maximum atomic E-state index is 3.78. The number of rotatable bonds is 7. The molecule has 0 unspecified atom stereocenters. The molecule has 2 heteroatoms. The fourth-order valence-corrected chi connectivity index (χ4v) is 6.56. The second-order valence-corrected chi connectivity index (χ2v) is 11.5. The van der Waals surface area contributed by atoms with Gasteiger partial charge in [-0.2, -0.15) is 0 Å². The van der Waals surface area contributed by atoms with Crippen molar-refractivity contribution in [2.24, 2.45) is 0 Å². The van der Waals surface area contributed by atoms with E-state index in [2.05, 4.69) is 192 Å². The largest absolute Gasteiger partial charge is 0.294 e. The Kier molecular flexibility index (Phi) is 7.22. The van der Waals surface area contributed by atoms with E-state index < -0.39 is 0 Å². The first kappa shape index (κ1) is 27.4. The molecule has 0 aliphatic heterocycles. The molecule has 8 aromatic rings. The third-order valence-electron chi connectivity index (χ3n) is 8.66. The average molecular weight is 589 g/mol. The van der Waals surface area contributed by atoms with Crippen LogP contribution in [0.15, 0.2) is 188 Å². The molecule has 0 saturated heterocycles. The third-order valence-corrected chi connectivity index (χ3v) is 8.66. The maximum absolute atomic E-state index is 3.78. The normalized spacial score (nSPS) is 11.0. The van der Waals surface area contributed by atoms with Gasteiger partial charge in [0.05, 0.1) is 17.1 Å². The number of para-hydroxylation sites is 2. The van der Waals surface area contributed by atoms with Crippen molar-refractivity contribution < 1.29 is 0 Å². The number of fused-ring (bicyclic) bond motifs is 2. The molecule has 2 nitrogen and oxygen atoms in total. The highest BCUT2D eigenvalue weighted by Gasteiger charge is 2.25. The molecule has 0 bridgehead atoms. The van der Waals surface area contributed by atoms with Crippen molar-refractivity contribution in [1.82, 2.24) is 0 Å². The molecule has 0 aliphatic carbocycles. The number of anilines is 3. The highest BCUT2D eigenvalue weighted by Crippen LogP contribution is 2.50. The van der Waals surface area contributed by atoms with Gasteiger partial charge in [0, 0.05) is 11.1 Å². The van der Waals surface area contributed by atoms with Gasteiger partial charge in [-0.25, -0.2) is 0 Å². The van der Waals surface area contributed by atoms with Gasteiger partial charge in [-0.3, -0.25) is 10.4 Å². The van der Waals surface area contributed by atoms with Crippen LogP contribution in [0, 0.1) is 0 Å². The first-order valence-corrected chi connectivity index (χ1v) is 15.7. The summed E-state index contributed by atoms with van der Waals surface area (Å²) in [5.41, 5.74) is 14.0. The summed E-state index contributed by atoms with van der Waals surface area (Å²) in [7, 11) is 0. The van der Waals surface area contributed by atoms with Crippen molar-refractivity contribution >= 4 is 38.6 Å². The van der Waals surface area contributed by atoms with Crippen LogP contribution in [0.5, 0.6) is 0 Å². The molecular formula is C44H32N2. The van der Waals surface area contributed by atoms with Gasteiger partial charge in [0.15, 0.2) is 0 Å². The van der Waals surface area contributed by atoms with E-state index >= 15 is 0 Å². The molecule has 0 fully saturated rings. The van der Waals surface area contributed by atoms with Crippen LogP contribution in [0.1, 0.15) is 0 Å². The number of benzene rings is 8. The second kappa shape index (κ2) is 12.1. The fraction of sp³-hybridized carbons (Fsp3) is 0. The summed E-state index contributed by atoms with van der Waals surface area (Å²) in [6, 6.07) is 67.0. The van der Waals surface area contributed by atoms with E-state index in [0.717, 1.165) is 17.1 Å². The lowest BCUT2D eigenvalue weighted by Crippen LogP contribution is -2.25. The number of nitrogens with zero attached hydrogens (tertiary/aromatic N) is 1. The number of nitrogens with one attached hydrogen (secondary N) is 1. The van der Waals surface area contributed by atoms with Gasteiger partial charge in [0.2, 0.25) is 0 Å². The minimum atomic E-state index is 1.01. The van der Waals surface area contributed by atoms with Crippen molar-refractivity contribution in [3.8, 4) is 33.4 Å². The van der Waals surface area contributed by atoms with Crippen LogP contribution < -0.4 is 10.4 Å². The number of hydrogen-bond acceptors (Lipinski definition) is 2. The average Bonchev–Trinajstić information content (AvgIpc) is 3.14. The molecule has 46 heavy (non-hydrogen) atoms. The minimum Gasteiger partial charge on any atom is -0.294 e. The summed E-state index contributed by atoms with van der Waals surface area (Å²) < 4.78 is 0. The lowest BCUT2D eigenvalue weighted by atomic mass is 9.83. The molecule has 0 radical (unpaired) electrons.